The minimum Gasteiger partial charge on any atom is -0.303 e. The fraction of sp³-hybridized carbons (Fsp3) is 0.364. The predicted molar refractivity (Wildman–Crippen MR) is 57.7 cm³/mol. The Kier molecular flexibility index (Phi) is 3.06. The molecule has 0 unspecified atom stereocenters. The first-order chi connectivity index (χ1) is 7.97. The molecule has 0 aliphatic rings. The standard InChI is InChI=1S/C11H12F3N3/c1-8-9(6-15-7-11(12,13)14)17-5-3-2-4-10(17)16-8/h2-5,15H,6-7H2,1H3. The maximum atomic E-state index is 12.0. The largest absolute Gasteiger partial charge is 0.401 e. The van der Waals surface area contributed by atoms with Gasteiger partial charge in [0.1, 0.15) is 5.65 Å². The highest BCUT2D eigenvalue weighted by atomic mass is 19.4. The van der Waals surface area contributed by atoms with Gasteiger partial charge in [0.25, 0.3) is 0 Å². The van der Waals surface area contributed by atoms with E-state index in [2.05, 4.69) is 10.3 Å². The average molecular weight is 243 g/mol. The average Bonchev–Trinajstić information content (AvgIpc) is 2.54. The van der Waals surface area contributed by atoms with E-state index in [1.165, 1.54) is 0 Å². The number of hydrogen-bond donors (Lipinski definition) is 1. The second kappa shape index (κ2) is 4.37. The van der Waals surface area contributed by atoms with Crippen molar-refractivity contribution >= 4 is 5.65 Å². The summed E-state index contributed by atoms with van der Waals surface area (Å²) in [6.45, 7) is 0.945. The summed E-state index contributed by atoms with van der Waals surface area (Å²) in [6.07, 6.45) is -2.39. The molecule has 0 saturated heterocycles. The summed E-state index contributed by atoms with van der Waals surface area (Å²) in [5.74, 6) is 0. The maximum Gasteiger partial charge on any atom is 0.401 e. The fourth-order valence-electron chi connectivity index (χ4n) is 1.70. The van der Waals surface area contributed by atoms with Crippen molar-refractivity contribution in [2.24, 2.45) is 0 Å². The molecule has 0 bridgehead atoms. The van der Waals surface area contributed by atoms with Crippen LogP contribution in [0.3, 0.4) is 0 Å². The van der Waals surface area contributed by atoms with E-state index in [0.717, 1.165) is 17.0 Å². The molecule has 2 rings (SSSR count). The third-order valence-corrected chi connectivity index (χ3v) is 2.45. The second-order valence-corrected chi connectivity index (χ2v) is 3.79. The van der Waals surface area contributed by atoms with Crippen molar-refractivity contribution in [2.75, 3.05) is 6.54 Å². The van der Waals surface area contributed by atoms with E-state index >= 15 is 0 Å². The first kappa shape index (κ1) is 11.9. The Hall–Kier alpha value is -1.56. The van der Waals surface area contributed by atoms with Crippen LogP contribution in [0.25, 0.3) is 5.65 Å². The van der Waals surface area contributed by atoms with Crippen LogP contribution in [0.2, 0.25) is 0 Å². The summed E-state index contributed by atoms with van der Waals surface area (Å²) < 4.78 is 37.8. The molecule has 17 heavy (non-hydrogen) atoms. The molecule has 0 aliphatic carbocycles. The number of nitrogens with one attached hydrogen (secondary N) is 1. The molecule has 92 valence electrons. The van der Waals surface area contributed by atoms with Gasteiger partial charge in [-0.05, 0) is 19.1 Å². The molecular weight excluding hydrogens is 231 g/mol. The topological polar surface area (TPSA) is 29.3 Å². The lowest BCUT2D eigenvalue weighted by molar-refractivity contribution is -0.125. The van der Waals surface area contributed by atoms with Crippen LogP contribution < -0.4 is 5.32 Å². The van der Waals surface area contributed by atoms with Gasteiger partial charge in [0.05, 0.1) is 17.9 Å². The van der Waals surface area contributed by atoms with Crippen LogP contribution >= 0.6 is 0 Å². The zero-order valence-electron chi connectivity index (χ0n) is 9.25. The van der Waals surface area contributed by atoms with Crippen LogP contribution in [0, 0.1) is 6.92 Å². The van der Waals surface area contributed by atoms with Crippen molar-refractivity contribution in [2.45, 2.75) is 19.6 Å². The molecule has 0 spiro atoms. The third-order valence-electron chi connectivity index (χ3n) is 2.45. The number of aryl methyl sites for hydroxylation is 1. The molecule has 6 heteroatoms. The number of imidazole rings is 1. The maximum absolute atomic E-state index is 12.0. The normalized spacial score (nSPS) is 12.2. The molecule has 2 aromatic rings. The van der Waals surface area contributed by atoms with Gasteiger partial charge in [0.15, 0.2) is 0 Å². The van der Waals surface area contributed by atoms with Crippen LogP contribution in [-0.2, 0) is 6.54 Å². The molecule has 2 aromatic heterocycles. The lowest BCUT2D eigenvalue weighted by atomic mass is 10.3. The zero-order chi connectivity index (χ0) is 12.5. The van der Waals surface area contributed by atoms with E-state index in [1.54, 1.807) is 17.5 Å². The summed E-state index contributed by atoms with van der Waals surface area (Å²) in [6, 6.07) is 5.48. The number of alkyl halides is 3. The number of halogens is 3. The van der Waals surface area contributed by atoms with Crippen molar-refractivity contribution < 1.29 is 13.2 Å². The van der Waals surface area contributed by atoms with Gasteiger partial charge in [-0.1, -0.05) is 6.07 Å². The number of aromatic nitrogens is 2. The van der Waals surface area contributed by atoms with Gasteiger partial charge in [-0.15, -0.1) is 0 Å². The quantitative estimate of drug-likeness (QED) is 0.896. The van der Waals surface area contributed by atoms with E-state index in [9.17, 15) is 13.2 Å². The van der Waals surface area contributed by atoms with E-state index in [-0.39, 0.29) is 6.54 Å². The van der Waals surface area contributed by atoms with Crippen LogP contribution in [0.4, 0.5) is 13.2 Å². The number of nitrogens with zero attached hydrogens (tertiary/aromatic N) is 2. The highest BCUT2D eigenvalue weighted by Gasteiger charge is 2.26. The van der Waals surface area contributed by atoms with Gasteiger partial charge in [-0.25, -0.2) is 4.98 Å². The van der Waals surface area contributed by atoms with Crippen LogP contribution in [-0.4, -0.2) is 22.1 Å². The molecule has 0 atom stereocenters. The molecule has 0 aliphatic heterocycles. The minimum atomic E-state index is -4.19. The third kappa shape index (κ3) is 2.76. The van der Waals surface area contributed by atoms with E-state index in [1.807, 2.05) is 18.2 Å². The smallest absolute Gasteiger partial charge is 0.303 e. The summed E-state index contributed by atoms with van der Waals surface area (Å²) in [5, 5.41) is 2.37. The predicted octanol–water partition coefficient (Wildman–Crippen LogP) is 2.29. The Balaban J connectivity index is 2.15. The van der Waals surface area contributed by atoms with Gasteiger partial charge in [-0.2, -0.15) is 13.2 Å². The van der Waals surface area contributed by atoms with Gasteiger partial charge in [-0.3, -0.25) is 0 Å². The van der Waals surface area contributed by atoms with Gasteiger partial charge >= 0.3 is 6.18 Å². The summed E-state index contributed by atoms with van der Waals surface area (Å²) in [7, 11) is 0. The molecule has 0 fully saturated rings. The zero-order valence-corrected chi connectivity index (χ0v) is 9.25. The molecule has 0 radical (unpaired) electrons. The Morgan fingerprint density at radius 1 is 1.35 bits per heavy atom. The Labute approximate surface area is 96.3 Å². The van der Waals surface area contributed by atoms with Crippen LogP contribution in [0.15, 0.2) is 24.4 Å². The minimum absolute atomic E-state index is 0.149. The summed E-state index contributed by atoms with van der Waals surface area (Å²) in [4.78, 5) is 4.27. The number of fused-ring (bicyclic) bond motifs is 1. The Morgan fingerprint density at radius 3 is 2.82 bits per heavy atom. The first-order valence-electron chi connectivity index (χ1n) is 5.17. The number of hydrogen-bond acceptors (Lipinski definition) is 2. The summed E-state index contributed by atoms with van der Waals surface area (Å²) >= 11 is 0. The van der Waals surface area contributed by atoms with Crippen LogP contribution in [0.1, 0.15) is 11.4 Å². The van der Waals surface area contributed by atoms with E-state index in [0.29, 0.717) is 0 Å². The molecule has 2 heterocycles. The highest BCUT2D eigenvalue weighted by molar-refractivity contribution is 5.42. The lowest BCUT2D eigenvalue weighted by Gasteiger charge is -2.08. The Bertz CT molecular complexity index is 516. The monoisotopic (exact) mass is 243 g/mol. The van der Waals surface area contributed by atoms with E-state index in [4.69, 9.17) is 0 Å². The summed E-state index contributed by atoms with van der Waals surface area (Å²) in [5.41, 5.74) is 2.24. The second-order valence-electron chi connectivity index (χ2n) is 3.79. The highest BCUT2D eigenvalue weighted by Crippen LogP contribution is 2.14. The number of rotatable bonds is 3. The van der Waals surface area contributed by atoms with Crippen molar-refractivity contribution in [1.82, 2.24) is 14.7 Å². The van der Waals surface area contributed by atoms with Gasteiger partial charge in [0.2, 0.25) is 0 Å². The van der Waals surface area contributed by atoms with Crippen molar-refractivity contribution in [3.8, 4) is 0 Å². The lowest BCUT2D eigenvalue weighted by Crippen LogP contribution is -2.28. The molecule has 0 saturated carbocycles. The molecule has 0 aromatic carbocycles. The first-order valence-corrected chi connectivity index (χ1v) is 5.17. The molecule has 1 N–H and O–H groups in total. The number of pyridine rings is 1. The van der Waals surface area contributed by atoms with E-state index < -0.39 is 12.7 Å². The SMILES string of the molecule is Cc1nc2ccccn2c1CNCC(F)(F)F. The van der Waals surface area contributed by atoms with Crippen molar-refractivity contribution in [1.29, 1.82) is 0 Å². The van der Waals surface area contributed by atoms with Crippen molar-refractivity contribution in [3.63, 3.8) is 0 Å². The van der Waals surface area contributed by atoms with Crippen molar-refractivity contribution in [3.05, 3.63) is 35.8 Å². The fourth-order valence-corrected chi connectivity index (χ4v) is 1.70. The van der Waals surface area contributed by atoms with Crippen LogP contribution in [0.5, 0.6) is 0 Å². The van der Waals surface area contributed by atoms with Gasteiger partial charge in [0, 0.05) is 12.7 Å². The molecular formula is C11H12F3N3. The molecule has 3 nitrogen and oxygen atoms in total. The Morgan fingerprint density at radius 2 is 2.12 bits per heavy atom. The molecule has 0 amide bonds. The van der Waals surface area contributed by atoms with Gasteiger partial charge < -0.3 is 9.72 Å².